The van der Waals surface area contributed by atoms with Crippen molar-refractivity contribution in [2.75, 3.05) is 96.5 Å². The second-order valence-corrected chi connectivity index (χ2v) is 19.0. The summed E-state index contributed by atoms with van der Waals surface area (Å²) >= 11 is 0. The van der Waals surface area contributed by atoms with Gasteiger partial charge in [-0.3, -0.25) is 0 Å². The molecule has 2 aromatic rings. The molecule has 0 radical (unpaired) electrons. The van der Waals surface area contributed by atoms with Gasteiger partial charge in [0.2, 0.25) is 10.0 Å². The van der Waals surface area contributed by atoms with Crippen LogP contribution in [0.25, 0.3) is 0 Å². The van der Waals surface area contributed by atoms with E-state index in [4.69, 9.17) is 4.74 Å². The fourth-order valence-electron chi connectivity index (χ4n) is 8.13. The molecule has 0 bridgehead atoms. The first kappa shape index (κ1) is 39.8. The van der Waals surface area contributed by atoms with E-state index in [1.807, 2.05) is 57.1 Å². The van der Waals surface area contributed by atoms with E-state index in [9.17, 15) is 16.8 Å². The molecule has 2 atom stereocenters. The number of ether oxygens (including phenoxy) is 1. The summed E-state index contributed by atoms with van der Waals surface area (Å²) in [6.07, 6.45) is 7.73. The quantitative estimate of drug-likeness (QED) is 0.349. The zero-order chi connectivity index (χ0) is 36.8. The summed E-state index contributed by atoms with van der Waals surface area (Å²) in [4.78, 5) is 6.93. The molecule has 13 heteroatoms. The number of benzene rings is 2. The van der Waals surface area contributed by atoms with Crippen LogP contribution in [0.3, 0.4) is 0 Å². The minimum absolute atomic E-state index is 0.203. The van der Waals surface area contributed by atoms with Gasteiger partial charge in [-0.2, -0.15) is 21.3 Å². The fourth-order valence-corrected chi connectivity index (χ4v) is 11.5. The topological polar surface area (TPSA) is 97.0 Å². The van der Waals surface area contributed by atoms with Gasteiger partial charge < -0.3 is 19.4 Å². The molecule has 1 saturated carbocycles. The van der Waals surface area contributed by atoms with Crippen LogP contribution >= 0.6 is 0 Å². The number of hydrogen-bond donors (Lipinski definition) is 0. The third-order valence-electron chi connectivity index (χ3n) is 11.2. The zero-order valence-electron chi connectivity index (χ0n) is 31.8. The Kier molecular flexibility index (Phi) is 13.7. The van der Waals surface area contributed by atoms with Crippen molar-refractivity contribution in [2.24, 2.45) is 11.8 Å². The predicted molar refractivity (Wildman–Crippen MR) is 208 cm³/mol. The minimum Gasteiger partial charge on any atom is -0.495 e. The molecule has 2 aromatic carbocycles. The summed E-state index contributed by atoms with van der Waals surface area (Å²) in [5.74, 6) is 1.21. The molecule has 0 N–H and O–H groups in total. The number of piperazine rings is 1. The number of methoxy groups -OCH3 is 1. The Balaban J connectivity index is 1.36. The molecule has 2 saturated heterocycles. The zero-order valence-corrected chi connectivity index (χ0v) is 33.5. The highest BCUT2D eigenvalue weighted by molar-refractivity contribution is 7.89. The smallest absolute Gasteiger partial charge is 0.282 e. The second kappa shape index (κ2) is 17.6. The van der Waals surface area contributed by atoms with Crippen molar-refractivity contribution in [3.63, 3.8) is 0 Å². The van der Waals surface area contributed by atoms with Crippen molar-refractivity contribution < 1.29 is 21.6 Å². The molecule has 3 aliphatic rings. The summed E-state index contributed by atoms with van der Waals surface area (Å²) in [7, 11) is -2.06. The van der Waals surface area contributed by atoms with Crippen LogP contribution in [0.1, 0.15) is 64.4 Å². The normalized spacial score (nSPS) is 22.9. The van der Waals surface area contributed by atoms with Gasteiger partial charge in [-0.25, -0.2) is 8.42 Å². The average Bonchev–Trinajstić information content (AvgIpc) is 3.12. The molecule has 51 heavy (non-hydrogen) atoms. The Bertz CT molecular complexity index is 1620. The molecule has 286 valence electrons. The number of hydrogen-bond acceptors (Lipinski definition) is 8. The van der Waals surface area contributed by atoms with E-state index in [0.29, 0.717) is 51.2 Å². The van der Waals surface area contributed by atoms with Gasteiger partial charge in [0, 0.05) is 78.2 Å². The summed E-state index contributed by atoms with van der Waals surface area (Å²) in [6, 6.07) is 13.5. The maximum absolute atomic E-state index is 14.4. The van der Waals surface area contributed by atoms with Gasteiger partial charge in [-0.1, -0.05) is 32.3 Å². The van der Waals surface area contributed by atoms with Crippen LogP contribution in [0.2, 0.25) is 0 Å². The molecule has 5 rings (SSSR count). The van der Waals surface area contributed by atoms with Gasteiger partial charge >= 0.3 is 0 Å². The van der Waals surface area contributed by atoms with E-state index in [1.54, 1.807) is 32.2 Å². The van der Waals surface area contributed by atoms with Gasteiger partial charge in [0.05, 0.1) is 17.7 Å². The maximum Gasteiger partial charge on any atom is 0.282 e. The Morgan fingerprint density at radius 3 is 1.96 bits per heavy atom. The van der Waals surface area contributed by atoms with Crippen molar-refractivity contribution in [2.45, 2.75) is 76.7 Å². The number of nitrogens with zero attached hydrogens (tertiary/aromatic N) is 6. The van der Waals surface area contributed by atoms with E-state index in [1.165, 1.54) is 32.1 Å². The second-order valence-electron chi connectivity index (χ2n) is 15.2. The van der Waals surface area contributed by atoms with Crippen LogP contribution in [-0.4, -0.2) is 127 Å². The van der Waals surface area contributed by atoms with E-state index in [-0.39, 0.29) is 23.9 Å². The third kappa shape index (κ3) is 9.77. The minimum atomic E-state index is -3.80. The fraction of sp³-hybridized carbons (Fsp3) is 0.684. The molecule has 0 unspecified atom stereocenters. The Labute approximate surface area is 308 Å². The van der Waals surface area contributed by atoms with Crippen LogP contribution in [-0.2, 0) is 20.2 Å². The lowest BCUT2D eigenvalue weighted by molar-refractivity contribution is 0.119. The van der Waals surface area contributed by atoms with Crippen molar-refractivity contribution in [3.8, 4) is 5.75 Å². The highest BCUT2D eigenvalue weighted by Gasteiger charge is 2.36. The molecule has 1 aliphatic carbocycles. The van der Waals surface area contributed by atoms with E-state index >= 15 is 0 Å². The first-order valence-corrected chi connectivity index (χ1v) is 21.8. The Morgan fingerprint density at radius 1 is 0.745 bits per heavy atom. The van der Waals surface area contributed by atoms with Crippen LogP contribution in [0.15, 0.2) is 47.4 Å². The maximum atomic E-state index is 14.4. The van der Waals surface area contributed by atoms with E-state index in [2.05, 4.69) is 22.8 Å². The highest BCUT2D eigenvalue weighted by atomic mass is 32.2. The average molecular weight is 747 g/mol. The van der Waals surface area contributed by atoms with Crippen LogP contribution in [0.5, 0.6) is 5.75 Å². The van der Waals surface area contributed by atoms with Gasteiger partial charge in [0.1, 0.15) is 5.75 Å². The third-order valence-corrected chi connectivity index (χ3v) is 15.1. The highest BCUT2D eigenvalue weighted by Crippen LogP contribution is 2.32. The summed E-state index contributed by atoms with van der Waals surface area (Å²) in [5, 5.41) is 0. The van der Waals surface area contributed by atoms with Gasteiger partial charge in [0.15, 0.2) is 0 Å². The molecule has 0 amide bonds. The lowest BCUT2D eigenvalue weighted by Gasteiger charge is -2.40. The molecule has 0 spiro atoms. The van der Waals surface area contributed by atoms with E-state index < -0.39 is 20.2 Å². The Morgan fingerprint density at radius 2 is 1.35 bits per heavy atom. The monoisotopic (exact) mass is 746 g/mol. The Hall–Kier alpha value is -2.42. The van der Waals surface area contributed by atoms with Crippen molar-refractivity contribution in [1.29, 1.82) is 0 Å². The number of rotatable bonds is 9. The number of aryl methyl sites for hydroxylation is 1. The summed E-state index contributed by atoms with van der Waals surface area (Å²) in [5.41, 5.74) is 3.02. The molecule has 2 heterocycles. The molecule has 3 fully saturated rings. The molecule has 11 nitrogen and oxygen atoms in total. The largest absolute Gasteiger partial charge is 0.495 e. The van der Waals surface area contributed by atoms with Crippen molar-refractivity contribution in [3.05, 3.63) is 48.0 Å². The lowest BCUT2D eigenvalue weighted by Crippen LogP contribution is -2.54. The van der Waals surface area contributed by atoms with Crippen LogP contribution in [0.4, 0.5) is 11.4 Å². The first-order valence-electron chi connectivity index (χ1n) is 19.0. The SMILES string of the molecule is COc1cc(C)ccc1N1CCN(S(=O)(=O)N2CCCN([C@@H](C)C3CCCCC3)CCCN(S(=O)(=O)c3ccc(N(C)C)cc3)C[C@H](C)C2)CC1. The predicted octanol–water partition coefficient (Wildman–Crippen LogP) is 5.13. The van der Waals surface area contributed by atoms with Gasteiger partial charge in [-0.15, -0.1) is 0 Å². The standard InChI is InChI=1S/C38H62N6O5S2/c1-31-14-19-37(38(28-31)49-6)41-24-26-42(27-25-41)51(47,48)44-23-11-21-40(33(3)34-12-8-7-9-13-34)20-10-22-43(29-32(2)30-44)50(45,46)36-17-15-35(16-18-36)39(4)5/h14-19,28,32-34H,7-13,20-27,29-30H2,1-6H3/t32-,33-/m0/s1. The first-order chi connectivity index (χ1) is 24.3. The summed E-state index contributed by atoms with van der Waals surface area (Å²) < 4.78 is 67.7. The molecular weight excluding hydrogens is 685 g/mol. The van der Waals surface area contributed by atoms with Crippen LogP contribution < -0.4 is 14.5 Å². The van der Waals surface area contributed by atoms with Crippen molar-refractivity contribution >= 4 is 31.6 Å². The van der Waals surface area contributed by atoms with E-state index in [0.717, 1.165) is 48.6 Å². The molecule has 2 aliphatic heterocycles. The number of sulfonamides is 1. The lowest BCUT2D eigenvalue weighted by atomic mass is 9.84. The summed E-state index contributed by atoms with van der Waals surface area (Å²) in [6.45, 7) is 11.1. The van der Waals surface area contributed by atoms with Gasteiger partial charge in [0.25, 0.3) is 10.2 Å². The van der Waals surface area contributed by atoms with Crippen molar-refractivity contribution in [1.82, 2.24) is 17.8 Å². The van der Waals surface area contributed by atoms with Crippen LogP contribution in [0, 0.1) is 18.8 Å². The molecule has 0 aromatic heterocycles. The number of anilines is 2. The molecular formula is C38H62N6O5S2. The van der Waals surface area contributed by atoms with Gasteiger partial charge in [-0.05, 0) is 106 Å².